The number of nitrogens with zero attached hydrogens (tertiary/aromatic N) is 1. The van der Waals surface area contributed by atoms with Crippen LogP contribution in [0.1, 0.15) is 45.6 Å². The maximum atomic E-state index is 14.6. The van der Waals surface area contributed by atoms with E-state index in [0.717, 1.165) is 0 Å². The Kier molecular flexibility index (Phi) is 5.76. The van der Waals surface area contributed by atoms with E-state index in [0.29, 0.717) is 4.47 Å². The molecule has 0 saturated heterocycles. The van der Waals surface area contributed by atoms with Crippen molar-refractivity contribution in [1.29, 1.82) is 5.26 Å². The molecule has 0 aromatic heterocycles. The summed E-state index contributed by atoms with van der Waals surface area (Å²) < 4.78 is 50.7. The molecule has 0 heterocycles. The van der Waals surface area contributed by atoms with E-state index in [1.165, 1.54) is 18.2 Å². The highest BCUT2D eigenvalue weighted by atomic mass is 79.9. The minimum atomic E-state index is -3.82. The molecule has 1 aromatic rings. The van der Waals surface area contributed by atoms with Gasteiger partial charge in [-0.2, -0.15) is 5.26 Å². The van der Waals surface area contributed by atoms with Gasteiger partial charge in [-0.25, -0.2) is 17.0 Å². The van der Waals surface area contributed by atoms with Crippen molar-refractivity contribution in [2.45, 2.75) is 54.9 Å². The van der Waals surface area contributed by atoms with Crippen LogP contribution in [-0.4, -0.2) is 27.9 Å². The molecule has 9 heteroatoms. The minimum absolute atomic E-state index is 0.0806. The SMILES string of the molecule is CC(C)(C[C@@](C)(CS(=O)(=O)C1(C#N)CC1)c1cc(Br)ccc1F)S(N)=O. The summed E-state index contributed by atoms with van der Waals surface area (Å²) >= 11 is 3.29. The van der Waals surface area contributed by atoms with Gasteiger partial charge < -0.3 is 0 Å². The van der Waals surface area contributed by atoms with Crippen LogP contribution in [0.4, 0.5) is 4.39 Å². The van der Waals surface area contributed by atoms with Crippen LogP contribution >= 0.6 is 15.9 Å². The van der Waals surface area contributed by atoms with Gasteiger partial charge in [0.2, 0.25) is 0 Å². The molecule has 144 valence electrons. The van der Waals surface area contributed by atoms with Crippen LogP contribution in [0.25, 0.3) is 0 Å². The van der Waals surface area contributed by atoms with Gasteiger partial charge in [-0.15, -0.1) is 0 Å². The molecule has 2 rings (SSSR count). The van der Waals surface area contributed by atoms with E-state index >= 15 is 0 Å². The van der Waals surface area contributed by atoms with Crippen molar-refractivity contribution in [3.05, 3.63) is 34.1 Å². The Morgan fingerprint density at radius 3 is 2.42 bits per heavy atom. The fraction of sp³-hybridized carbons (Fsp3) is 0.588. The quantitative estimate of drug-likeness (QED) is 0.669. The fourth-order valence-corrected chi connectivity index (χ4v) is 6.42. The average Bonchev–Trinajstić information content (AvgIpc) is 3.30. The van der Waals surface area contributed by atoms with Crippen molar-refractivity contribution in [1.82, 2.24) is 0 Å². The molecule has 5 nitrogen and oxygen atoms in total. The van der Waals surface area contributed by atoms with Gasteiger partial charge in [-0.05, 0) is 56.9 Å². The van der Waals surface area contributed by atoms with Gasteiger partial charge >= 0.3 is 0 Å². The number of rotatable bonds is 7. The normalized spacial score (nSPS) is 20.0. The number of benzene rings is 1. The summed E-state index contributed by atoms with van der Waals surface area (Å²) in [5.74, 6) is -0.965. The Balaban J connectivity index is 2.58. The van der Waals surface area contributed by atoms with Crippen molar-refractivity contribution < 1.29 is 17.0 Å². The summed E-state index contributed by atoms with van der Waals surface area (Å²) in [4.78, 5) is 0. The van der Waals surface area contributed by atoms with E-state index in [4.69, 9.17) is 5.14 Å². The van der Waals surface area contributed by atoms with Crippen LogP contribution in [0, 0.1) is 17.1 Å². The van der Waals surface area contributed by atoms with Gasteiger partial charge in [0.15, 0.2) is 14.6 Å². The highest BCUT2D eigenvalue weighted by Gasteiger charge is 2.57. The van der Waals surface area contributed by atoms with Gasteiger partial charge in [0.1, 0.15) is 5.82 Å². The summed E-state index contributed by atoms with van der Waals surface area (Å²) in [5.41, 5.74) is -1.000. The first-order valence-electron chi connectivity index (χ1n) is 8.04. The second-order valence-corrected chi connectivity index (χ2v) is 12.7. The molecule has 1 saturated carbocycles. The highest BCUT2D eigenvalue weighted by Crippen LogP contribution is 2.47. The van der Waals surface area contributed by atoms with E-state index in [2.05, 4.69) is 15.9 Å². The Hall–Kier alpha value is -0.820. The molecule has 1 fully saturated rings. The summed E-state index contributed by atoms with van der Waals surface area (Å²) in [6.45, 7) is 4.93. The molecular formula is C17H22BrFN2O3S2. The predicted molar refractivity (Wildman–Crippen MR) is 104 cm³/mol. The second-order valence-electron chi connectivity index (χ2n) is 7.78. The van der Waals surface area contributed by atoms with Gasteiger partial charge in [0.05, 0.1) is 27.6 Å². The number of sulfone groups is 1. The summed E-state index contributed by atoms with van der Waals surface area (Å²) in [7, 11) is -5.55. The van der Waals surface area contributed by atoms with Crippen molar-refractivity contribution in [2.24, 2.45) is 5.14 Å². The minimum Gasteiger partial charge on any atom is -0.251 e. The monoisotopic (exact) mass is 464 g/mol. The molecule has 0 radical (unpaired) electrons. The van der Waals surface area contributed by atoms with E-state index in [9.17, 15) is 22.3 Å². The Morgan fingerprint density at radius 2 is 1.96 bits per heavy atom. The molecule has 1 unspecified atom stereocenters. The predicted octanol–water partition coefficient (Wildman–Crippen LogP) is 3.11. The third kappa shape index (κ3) is 4.03. The first-order chi connectivity index (χ1) is 11.8. The van der Waals surface area contributed by atoms with Gasteiger partial charge in [0, 0.05) is 9.89 Å². The fourth-order valence-electron chi connectivity index (χ4n) is 3.36. The molecule has 2 N–H and O–H groups in total. The van der Waals surface area contributed by atoms with Gasteiger partial charge in [0.25, 0.3) is 0 Å². The number of hydrogen-bond donors (Lipinski definition) is 1. The topological polar surface area (TPSA) is 101 Å². The summed E-state index contributed by atoms with van der Waals surface area (Å²) in [6.07, 6.45) is 0.654. The Bertz CT molecular complexity index is 892. The van der Waals surface area contributed by atoms with Crippen LogP contribution in [0.2, 0.25) is 0 Å². The van der Waals surface area contributed by atoms with Crippen LogP contribution in [-0.2, 0) is 26.2 Å². The van der Waals surface area contributed by atoms with E-state index in [1.807, 2.05) is 6.07 Å². The lowest BCUT2D eigenvalue weighted by Crippen LogP contribution is -2.45. The second kappa shape index (κ2) is 6.97. The molecule has 1 aliphatic rings. The Labute approximate surface area is 164 Å². The Morgan fingerprint density at radius 1 is 1.38 bits per heavy atom. The number of nitrogens with two attached hydrogens (primary N) is 1. The van der Waals surface area contributed by atoms with Crippen molar-refractivity contribution in [3.8, 4) is 6.07 Å². The number of nitriles is 1. The zero-order valence-electron chi connectivity index (χ0n) is 14.9. The molecule has 1 aliphatic carbocycles. The molecule has 26 heavy (non-hydrogen) atoms. The van der Waals surface area contributed by atoms with Crippen LogP contribution in [0.5, 0.6) is 0 Å². The molecule has 0 aliphatic heterocycles. The van der Waals surface area contributed by atoms with Crippen molar-refractivity contribution in [3.63, 3.8) is 0 Å². The largest absolute Gasteiger partial charge is 0.251 e. The van der Waals surface area contributed by atoms with E-state index in [-0.39, 0.29) is 24.8 Å². The van der Waals surface area contributed by atoms with Crippen LogP contribution in [0.3, 0.4) is 0 Å². The lowest BCUT2D eigenvalue weighted by atomic mass is 9.77. The lowest BCUT2D eigenvalue weighted by Gasteiger charge is -2.37. The zero-order chi connectivity index (χ0) is 20.0. The first kappa shape index (κ1) is 21.5. The molecule has 0 spiro atoms. The standard InChI is InChI=1S/C17H22BrFN2O3S2/c1-15(2,25(21)22)9-16(3,13-8-12(18)4-5-14(13)19)11-26(23,24)17(10-20)6-7-17/h4-5,8H,6-7,9,11,21H2,1-3H3/t16-,25?/m0/s1. The third-order valence-corrected chi connectivity index (χ3v) is 9.39. The smallest absolute Gasteiger partial charge is 0.170 e. The van der Waals surface area contributed by atoms with Crippen LogP contribution in [0.15, 0.2) is 22.7 Å². The van der Waals surface area contributed by atoms with E-state index < -0.39 is 47.3 Å². The molecule has 1 aromatic carbocycles. The molecule has 0 bridgehead atoms. The van der Waals surface area contributed by atoms with Gasteiger partial charge in [-0.3, -0.25) is 5.14 Å². The van der Waals surface area contributed by atoms with E-state index in [1.54, 1.807) is 20.8 Å². The lowest BCUT2D eigenvalue weighted by molar-refractivity contribution is 0.398. The summed E-state index contributed by atoms with van der Waals surface area (Å²) in [5, 5.41) is 14.9. The van der Waals surface area contributed by atoms with Crippen molar-refractivity contribution in [2.75, 3.05) is 5.75 Å². The highest BCUT2D eigenvalue weighted by molar-refractivity contribution is 9.10. The summed E-state index contributed by atoms with van der Waals surface area (Å²) in [6, 6.07) is 6.22. The number of halogens is 2. The molecule has 0 amide bonds. The first-order valence-corrected chi connectivity index (χ1v) is 11.7. The maximum absolute atomic E-state index is 14.6. The third-order valence-electron chi connectivity index (χ3n) is 4.95. The zero-order valence-corrected chi connectivity index (χ0v) is 18.1. The van der Waals surface area contributed by atoms with Gasteiger partial charge in [-0.1, -0.05) is 22.9 Å². The van der Waals surface area contributed by atoms with Crippen molar-refractivity contribution >= 4 is 36.8 Å². The van der Waals surface area contributed by atoms with Crippen LogP contribution < -0.4 is 5.14 Å². The average molecular weight is 465 g/mol. The molecular weight excluding hydrogens is 443 g/mol. The molecule has 2 atom stereocenters. The maximum Gasteiger partial charge on any atom is 0.170 e. The number of hydrogen-bond acceptors (Lipinski definition) is 4.